The van der Waals surface area contributed by atoms with E-state index in [1.54, 1.807) is 0 Å². The molecule has 0 bridgehead atoms. The Labute approximate surface area is 91.9 Å². The third-order valence-electron chi connectivity index (χ3n) is 1.57. The summed E-state index contributed by atoms with van der Waals surface area (Å²) < 4.78 is 3.87. The van der Waals surface area contributed by atoms with Gasteiger partial charge in [0.15, 0.2) is 5.15 Å². The van der Waals surface area contributed by atoms with Crippen molar-refractivity contribution in [3.8, 4) is 18.4 Å². The van der Waals surface area contributed by atoms with Gasteiger partial charge >= 0.3 is 0 Å². The van der Waals surface area contributed by atoms with Gasteiger partial charge in [-0.15, -0.1) is 12.3 Å². The maximum absolute atomic E-state index is 8.76. The molecule has 0 aliphatic heterocycles. The molecular formula is C9H8ClN3S. The standard InChI is InChI=1S/C9H8ClN3S/c1-3-4-6(2)12-8-7(5-11)14-13-9(8)10/h1,6,12H,4H2,2H3. The van der Waals surface area contributed by atoms with Crippen LogP contribution in [-0.4, -0.2) is 10.4 Å². The summed E-state index contributed by atoms with van der Waals surface area (Å²) in [5, 5.41) is 12.1. The van der Waals surface area contributed by atoms with E-state index in [0.717, 1.165) is 11.5 Å². The summed E-state index contributed by atoms with van der Waals surface area (Å²) in [6.45, 7) is 1.93. The van der Waals surface area contributed by atoms with Crippen molar-refractivity contribution in [2.75, 3.05) is 5.32 Å². The van der Waals surface area contributed by atoms with Crippen molar-refractivity contribution in [1.82, 2.24) is 4.37 Å². The molecule has 0 aliphatic carbocycles. The highest BCUT2D eigenvalue weighted by Gasteiger charge is 2.13. The van der Waals surface area contributed by atoms with Crippen LogP contribution in [0.25, 0.3) is 0 Å². The number of anilines is 1. The zero-order valence-corrected chi connectivity index (χ0v) is 9.11. The molecule has 1 N–H and O–H groups in total. The Morgan fingerprint density at radius 2 is 2.50 bits per heavy atom. The Balaban J connectivity index is 2.81. The average molecular weight is 226 g/mol. The van der Waals surface area contributed by atoms with E-state index in [1.807, 2.05) is 13.0 Å². The van der Waals surface area contributed by atoms with E-state index in [1.165, 1.54) is 0 Å². The molecule has 1 aromatic rings. The van der Waals surface area contributed by atoms with Crippen LogP contribution < -0.4 is 5.32 Å². The van der Waals surface area contributed by atoms with Gasteiger partial charge in [-0.3, -0.25) is 0 Å². The molecule has 0 saturated carbocycles. The number of hydrogen-bond acceptors (Lipinski definition) is 4. The molecule has 0 aromatic carbocycles. The first-order valence-corrected chi connectivity index (χ1v) is 5.09. The monoisotopic (exact) mass is 225 g/mol. The molecule has 1 atom stereocenters. The molecular weight excluding hydrogens is 218 g/mol. The van der Waals surface area contributed by atoms with Crippen LogP contribution in [0, 0.1) is 23.7 Å². The van der Waals surface area contributed by atoms with Crippen molar-refractivity contribution in [3.05, 3.63) is 10.0 Å². The SMILES string of the molecule is C#CCC(C)Nc1c(Cl)nsc1C#N. The van der Waals surface area contributed by atoms with Crippen LogP contribution in [0.4, 0.5) is 5.69 Å². The summed E-state index contributed by atoms with van der Waals surface area (Å²) in [6.07, 6.45) is 5.75. The van der Waals surface area contributed by atoms with E-state index in [-0.39, 0.29) is 6.04 Å². The van der Waals surface area contributed by atoms with Crippen LogP contribution in [0.2, 0.25) is 5.15 Å². The van der Waals surface area contributed by atoms with E-state index >= 15 is 0 Å². The van der Waals surface area contributed by atoms with Gasteiger partial charge in [-0.25, -0.2) is 0 Å². The van der Waals surface area contributed by atoms with Gasteiger partial charge in [0.2, 0.25) is 0 Å². The van der Waals surface area contributed by atoms with Crippen molar-refractivity contribution in [3.63, 3.8) is 0 Å². The second-order valence-electron chi connectivity index (χ2n) is 2.74. The highest BCUT2D eigenvalue weighted by atomic mass is 35.5. The molecule has 5 heteroatoms. The van der Waals surface area contributed by atoms with E-state index in [4.69, 9.17) is 23.3 Å². The van der Waals surface area contributed by atoms with Crippen molar-refractivity contribution in [2.24, 2.45) is 0 Å². The number of aromatic nitrogens is 1. The Bertz CT molecular complexity index is 399. The predicted molar refractivity (Wildman–Crippen MR) is 58.4 cm³/mol. The van der Waals surface area contributed by atoms with Crippen molar-refractivity contribution >= 4 is 28.8 Å². The molecule has 1 aromatic heterocycles. The Morgan fingerprint density at radius 3 is 3.07 bits per heavy atom. The van der Waals surface area contributed by atoms with Crippen LogP contribution in [0.5, 0.6) is 0 Å². The molecule has 72 valence electrons. The Hall–Kier alpha value is -1.23. The molecule has 0 aliphatic rings. The fourth-order valence-electron chi connectivity index (χ4n) is 0.946. The number of nitriles is 1. The van der Waals surface area contributed by atoms with E-state index in [0.29, 0.717) is 22.1 Å². The third kappa shape index (κ3) is 2.38. The van der Waals surface area contributed by atoms with E-state index < -0.39 is 0 Å². The molecule has 14 heavy (non-hydrogen) atoms. The first-order chi connectivity index (χ1) is 6.69. The number of hydrogen-bond donors (Lipinski definition) is 1. The number of nitrogens with zero attached hydrogens (tertiary/aromatic N) is 2. The zero-order chi connectivity index (χ0) is 10.6. The number of halogens is 1. The lowest BCUT2D eigenvalue weighted by molar-refractivity contribution is 0.829. The largest absolute Gasteiger partial charge is 0.377 e. The summed E-state index contributed by atoms with van der Waals surface area (Å²) in [5.74, 6) is 2.53. The van der Waals surface area contributed by atoms with Gasteiger partial charge in [0.1, 0.15) is 16.6 Å². The number of terminal acetylenes is 1. The van der Waals surface area contributed by atoms with Crippen molar-refractivity contribution in [2.45, 2.75) is 19.4 Å². The molecule has 0 saturated heterocycles. The fraction of sp³-hybridized carbons (Fsp3) is 0.333. The Kier molecular flexibility index (Phi) is 3.76. The van der Waals surface area contributed by atoms with Crippen LogP contribution in [0.1, 0.15) is 18.2 Å². The molecule has 1 heterocycles. The maximum Gasteiger partial charge on any atom is 0.167 e. The minimum Gasteiger partial charge on any atom is -0.377 e. The minimum absolute atomic E-state index is 0.0843. The number of nitrogens with one attached hydrogen (secondary N) is 1. The lowest BCUT2D eigenvalue weighted by Crippen LogP contribution is -2.14. The van der Waals surface area contributed by atoms with Gasteiger partial charge in [-0.1, -0.05) is 11.6 Å². The van der Waals surface area contributed by atoms with Gasteiger partial charge in [-0.05, 0) is 18.5 Å². The van der Waals surface area contributed by atoms with Gasteiger partial charge in [0.25, 0.3) is 0 Å². The average Bonchev–Trinajstić information content (AvgIpc) is 2.48. The molecule has 3 nitrogen and oxygen atoms in total. The second-order valence-corrected chi connectivity index (χ2v) is 3.87. The molecule has 1 rings (SSSR count). The van der Waals surface area contributed by atoms with Crippen molar-refractivity contribution < 1.29 is 0 Å². The van der Waals surface area contributed by atoms with Gasteiger partial charge in [-0.2, -0.15) is 9.64 Å². The maximum atomic E-state index is 8.76. The fourth-order valence-corrected chi connectivity index (χ4v) is 1.81. The second kappa shape index (κ2) is 4.85. The van der Waals surface area contributed by atoms with E-state index in [9.17, 15) is 0 Å². The third-order valence-corrected chi connectivity index (χ3v) is 2.69. The Morgan fingerprint density at radius 1 is 1.79 bits per heavy atom. The lowest BCUT2D eigenvalue weighted by Gasteiger charge is -2.10. The smallest absolute Gasteiger partial charge is 0.167 e. The molecule has 0 spiro atoms. The summed E-state index contributed by atoms with van der Waals surface area (Å²) >= 11 is 6.88. The highest BCUT2D eigenvalue weighted by molar-refractivity contribution is 7.07. The van der Waals surface area contributed by atoms with Crippen LogP contribution in [-0.2, 0) is 0 Å². The van der Waals surface area contributed by atoms with Crippen LogP contribution in [0.3, 0.4) is 0 Å². The normalized spacial score (nSPS) is 11.4. The predicted octanol–water partition coefficient (Wildman–Crippen LogP) is 2.49. The van der Waals surface area contributed by atoms with Crippen LogP contribution in [0.15, 0.2) is 0 Å². The number of rotatable bonds is 3. The minimum atomic E-state index is 0.0843. The quantitative estimate of drug-likeness (QED) is 0.805. The van der Waals surface area contributed by atoms with Crippen molar-refractivity contribution in [1.29, 1.82) is 5.26 Å². The first kappa shape index (κ1) is 10.8. The zero-order valence-electron chi connectivity index (χ0n) is 7.54. The summed E-state index contributed by atoms with van der Waals surface area (Å²) in [5.41, 5.74) is 0.585. The van der Waals surface area contributed by atoms with E-state index in [2.05, 4.69) is 15.6 Å². The molecule has 0 radical (unpaired) electrons. The van der Waals surface area contributed by atoms with Gasteiger partial charge in [0, 0.05) is 12.5 Å². The summed E-state index contributed by atoms with van der Waals surface area (Å²) in [7, 11) is 0. The molecule has 1 unspecified atom stereocenters. The highest BCUT2D eigenvalue weighted by Crippen LogP contribution is 2.28. The topological polar surface area (TPSA) is 48.7 Å². The van der Waals surface area contributed by atoms with Crippen LogP contribution >= 0.6 is 23.1 Å². The first-order valence-electron chi connectivity index (χ1n) is 3.94. The van der Waals surface area contributed by atoms with Gasteiger partial charge in [0.05, 0.1) is 0 Å². The molecule has 0 fully saturated rings. The lowest BCUT2D eigenvalue weighted by atomic mass is 10.2. The van der Waals surface area contributed by atoms with Gasteiger partial charge < -0.3 is 5.32 Å². The molecule has 0 amide bonds. The summed E-state index contributed by atoms with van der Waals surface area (Å²) in [6, 6.07) is 2.11. The summed E-state index contributed by atoms with van der Waals surface area (Å²) in [4.78, 5) is 0.485.